The van der Waals surface area contributed by atoms with Crippen molar-refractivity contribution < 1.29 is 14.8 Å². The summed E-state index contributed by atoms with van der Waals surface area (Å²) in [7, 11) is 0. The Balaban J connectivity index is 1.77. The number of fused-ring (bicyclic) bond motifs is 5. The minimum Gasteiger partial charge on any atom is -0.502 e. The molecule has 0 spiro atoms. The van der Waals surface area contributed by atoms with E-state index in [2.05, 4.69) is 6.92 Å². The summed E-state index contributed by atoms with van der Waals surface area (Å²) in [6.07, 6.45) is 4.96. The zero-order valence-electron chi connectivity index (χ0n) is 13.2. The molecule has 122 valence electrons. The van der Waals surface area contributed by atoms with Crippen molar-refractivity contribution >= 4 is 11.5 Å². The second-order valence-corrected chi connectivity index (χ2v) is 7.59. The molecule has 0 heterocycles. The summed E-state index contributed by atoms with van der Waals surface area (Å²) < 4.78 is 0. The van der Waals surface area contributed by atoms with Gasteiger partial charge in [-0.3, -0.25) is 14.9 Å². The molecule has 0 saturated heterocycles. The highest BCUT2D eigenvalue weighted by molar-refractivity contribution is 5.87. The average molecular weight is 315 g/mol. The van der Waals surface area contributed by atoms with Crippen LogP contribution < -0.4 is 0 Å². The number of nitro groups is 1. The van der Waals surface area contributed by atoms with Crippen LogP contribution in [0.5, 0.6) is 5.75 Å². The van der Waals surface area contributed by atoms with Crippen LogP contribution >= 0.6 is 0 Å². The Morgan fingerprint density at radius 1 is 1.26 bits per heavy atom. The number of aromatic hydroxyl groups is 1. The maximum Gasteiger partial charge on any atom is 0.314 e. The molecule has 4 rings (SSSR count). The molecule has 0 radical (unpaired) electrons. The first-order chi connectivity index (χ1) is 10.9. The van der Waals surface area contributed by atoms with Crippen molar-refractivity contribution in [1.82, 2.24) is 0 Å². The SMILES string of the molecule is CC12CCC3c4ccc(O)c([N+](=O)[O-])c4CCC3C1CCC2=O. The molecule has 5 nitrogen and oxygen atoms in total. The van der Waals surface area contributed by atoms with E-state index in [4.69, 9.17) is 0 Å². The monoisotopic (exact) mass is 315 g/mol. The predicted molar refractivity (Wildman–Crippen MR) is 84.4 cm³/mol. The lowest BCUT2D eigenvalue weighted by molar-refractivity contribution is -0.386. The third kappa shape index (κ3) is 1.88. The first-order valence-corrected chi connectivity index (χ1v) is 8.46. The Labute approximate surface area is 134 Å². The van der Waals surface area contributed by atoms with Crippen LogP contribution in [0.1, 0.15) is 56.1 Å². The number of carbonyl (C=O) groups is 1. The number of hydrogen-bond donors (Lipinski definition) is 1. The number of phenolic OH excluding ortho intramolecular Hbond substituents is 1. The van der Waals surface area contributed by atoms with Crippen LogP contribution in [0.2, 0.25) is 0 Å². The molecule has 1 aromatic rings. The Hall–Kier alpha value is -1.91. The molecule has 23 heavy (non-hydrogen) atoms. The third-order valence-electron chi connectivity index (χ3n) is 6.75. The van der Waals surface area contributed by atoms with E-state index in [-0.39, 0.29) is 16.9 Å². The van der Waals surface area contributed by atoms with E-state index in [1.165, 1.54) is 6.07 Å². The number of Topliss-reactive ketones (excluding diaryl/α,β-unsaturated/α-hetero) is 1. The van der Waals surface area contributed by atoms with Gasteiger partial charge < -0.3 is 5.11 Å². The van der Waals surface area contributed by atoms with E-state index in [1.54, 1.807) is 0 Å². The molecular formula is C18H21NO4. The van der Waals surface area contributed by atoms with Gasteiger partial charge in [-0.1, -0.05) is 13.0 Å². The van der Waals surface area contributed by atoms with Gasteiger partial charge in [-0.15, -0.1) is 0 Å². The topological polar surface area (TPSA) is 80.4 Å². The fourth-order valence-electron chi connectivity index (χ4n) is 5.61. The van der Waals surface area contributed by atoms with Crippen molar-refractivity contribution in [3.8, 4) is 5.75 Å². The first-order valence-electron chi connectivity index (χ1n) is 8.46. The van der Waals surface area contributed by atoms with Gasteiger partial charge >= 0.3 is 5.69 Å². The van der Waals surface area contributed by atoms with Crippen LogP contribution in [0.4, 0.5) is 5.69 Å². The second-order valence-electron chi connectivity index (χ2n) is 7.59. The van der Waals surface area contributed by atoms with Crippen molar-refractivity contribution in [1.29, 1.82) is 0 Å². The summed E-state index contributed by atoms with van der Waals surface area (Å²) in [5.74, 6) is 1.32. The standard InChI is InChI=1S/C18H21NO4/c1-18-9-8-11-10-4-6-15(20)17(19(22)23)13(10)3-2-12(11)14(18)5-7-16(18)21/h4,6,11-12,14,20H,2-3,5,7-9H2,1H3. The van der Waals surface area contributed by atoms with Gasteiger partial charge in [0.15, 0.2) is 5.75 Å². The fraction of sp³-hybridized carbons (Fsp3) is 0.611. The number of nitrogens with zero attached hydrogens (tertiary/aromatic N) is 1. The number of nitro benzene ring substituents is 1. The normalized spacial score (nSPS) is 35.3. The Kier molecular flexibility index (Phi) is 3.06. The van der Waals surface area contributed by atoms with E-state index in [9.17, 15) is 20.0 Å². The maximum atomic E-state index is 12.3. The van der Waals surface area contributed by atoms with Crippen LogP contribution in [-0.4, -0.2) is 15.8 Å². The van der Waals surface area contributed by atoms with Gasteiger partial charge in [0, 0.05) is 17.4 Å². The Bertz CT molecular complexity index is 713. The molecule has 0 amide bonds. The minimum atomic E-state index is -0.458. The number of benzene rings is 1. The van der Waals surface area contributed by atoms with Gasteiger partial charge in [-0.25, -0.2) is 0 Å². The van der Waals surface area contributed by atoms with E-state index in [0.29, 0.717) is 41.9 Å². The summed E-state index contributed by atoms with van der Waals surface area (Å²) in [4.78, 5) is 23.2. The fourth-order valence-corrected chi connectivity index (χ4v) is 5.61. The first kappa shape index (κ1) is 14.7. The Morgan fingerprint density at radius 3 is 2.78 bits per heavy atom. The predicted octanol–water partition coefficient (Wildman–Crippen LogP) is 3.73. The number of phenols is 1. The summed E-state index contributed by atoms with van der Waals surface area (Å²) in [6, 6.07) is 3.33. The lowest BCUT2D eigenvalue weighted by Gasteiger charge is -2.48. The van der Waals surface area contributed by atoms with E-state index in [0.717, 1.165) is 31.2 Å². The lowest BCUT2D eigenvalue weighted by atomic mass is 9.55. The molecule has 2 fully saturated rings. The zero-order valence-corrected chi connectivity index (χ0v) is 13.2. The minimum absolute atomic E-state index is 0.114. The number of carbonyl (C=O) groups excluding carboxylic acids is 1. The number of hydrogen-bond acceptors (Lipinski definition) is 4. The average Bonchev–Trinajstić information content (AvgIpc) is 2.82. The number of rotatable bonds is 1. The smallest absolute Gasteiger partial charge is 0.314 e. The molecule has 4 unspecified atom stereocenters. The van der Waals surface area contributed by atoms with Crippen molar-refractivity contribution in [2.45, 2.75) is 51.4 Å². The van der Waals surface area contributed by atoms with Gasteiger partial charge in [-0.05, 0) is 61.5 Å². The van der Waals surface area contributed by atoms with Gasteiger partial charge in [0.1, 0.15) is 5.78 Å². The molecule has 1 aromatic carbocycles. The van der Waals surface area contributed by atoms with Gasteiger partial charge in [0.2, 0.25) is 0 Å². The molecule has 0 aromatic heterocycles. The molecule has 3 aliphatic rings. The number of ketones is 1. The molecule has 0 aliphatic heterocycles. The highest BCUT2D eigenvalue weighted by Crippen LogP contribution is 2.60. The molecule has 2 saturated carbocycles. The summed E-state index contributed by atoms with van der Waals surface area (Å²) in [5, 5.41) is 21.2. The molecule has 3 aliphatic carbocycles. The van der Waals surface area contributed by atoms with E-state index >= 15 is 0 Å². The second kappa shape index (κ2) is 4.79. The van der Waals surface area contributed by atoms with Gasteiger partial charge in [-0.2, -0.15) is 0 Å². The van der Waals surface area contributed by atoms with E-state index < -0.39 is 4.92 Å². The van der Waals surface area contributed by atoms with Crippen LogP contribution in [0, 0.1) is 27.4 Å². The largest absolute Gasteiger partial charge is 0.502 e. The lowest BCUT2D eigenvalue weighted by Crippen LogP contribution is -2.42. The van der Waals surface area contributed by atoms with Gasteiger partial charge in [0.05, 0.1) is 4.92 Å². The molecular weight excluding hydrogens is 294 g/mol. The van der Waals surface area contributed by atoms with Crippen LogP contribution in [0.3, 0.4) is 0 Å². The highest BCUT2D eigenvalue weighted by Gasteiger charge is 2.55. The summed E-state index contributed by atoms with van der Waals surface area (Å²) in [5.41, 5.74) is 1.45. The molecule has 5 heteroatoms. The maximum absolute atomic E-state index is 12.3. The summed E-state index contributed by atoms with van der Waals surface area (Å²) >= 11 is 0. The Morgan fingerprint density at radius 2 is 2.04 bits per heavy atom. The van der Waals surface area contributed by atoms with Crippen molar-refractivity contribution in [2.75, 3.05) is 0 Å². The van der Waals surface area contributed by atoms with Crippen LogP contribution in [0.15, 0.2) is 12.1 Å². The quantitative estimate of drug-likeness (QED) is 0.632. The van der Waals surface area contributed by atoms with Crippen LogP contribution in [-0.2, 0) is 11.2 Å². The van der Waals surface area contributed by atoms with E-state index in [1.807, 2.05) is 6.07 Å². The molecule has 1 N–H and O–H groups in total. The zero-order chi connectivity index (χ0) is 16.4. The van der Waals surface area contributed by atoms with Crippen molar-refractivity contribution in [2.24, 2.45) is 17.3 Å². The van der Waals surface area contributed by atoms with Crippen molar-refractivity contribution in [3.05, 3.63) is 33.4 Å². The van der Waals surface area contributed by atoms with Crippen molar-refractivity contribution in [3.63, 3.8) is 0 Å². The molecule has 4 atom stereocenters. The molecule has 0 bridgehead atoms. The highest BCUT2D eigenvalue weighted by atomic mass is 16.6. The summed E-state index contributed by atoms with van der Waals surface area (Å²) in [6.45, 7) is 2.12. The third-order valence-corrected chi connectivity index (χ3v) is 6.75. The van der Waals surface area contributed by atoms with Gasteiger partial charge in [0.25, 0.3) is 0 Å². The van der Waals surface area contributed by atoms with Crippen LogP contribution in [0.25, 0.3) is 0 Å².